The van der Waals surface area contributed by atoms with Gasteiger partial charge in [0, 0.05) is 19.5 Å². The van der Waals surface area contributed by atoms with Gasteiger partial charge in [-0.05, 0) is 55.2 Å². The van der Waals surface area contributed by atoms with Gasteiger partial charge in [-0.15, -0.1) is 6.58 Å². The molecular weight excluding hydrogens is 458 g/mol. The highest BCUT2D eigenvalue weighted by Gasteiger charge is 2.12. The monoisotopic (exact) mass is 487 g/mol. The number of allylic oxidation sites excluding steroid dienone is 1. The Bertz CT molecular complexity index is 1300. The predicted molar refractivity (Wildman–Crippen MR) is 142 cm³/mol. The first-order valence-corrected chi connectivity index (χ1v) is 12.3. The maximum atomic E-state index is 12.4. The average Bonchev–Trinajstić information content (AvgIpc) is 3.23. The molecule has 35 heavy (non-hydrogen) atoms. The number of aryl methyl sites for hydroxylation is 2. The van der Waals surface area contributed by atoms with Gasteiger partial charge in [0.1, 0.15) is 11.6 Å². The Morgan fingerprint density at radius 3 is 2.66 bits per heavy atom. The number of carbonyl (C=O) groups is 1. The fourth-order valence-corrected chi connectivity index (χ4v) is 4.35. The van der Waals surface area contributed by atoms with Gasteiger partial charge in [-0.3, -0.25) is 4.79 Å². The molecule has 3 aromatic carbocycles. The van der Waals surface area contributed by atoms with Crippen LogP contribution in [0.15, 0.2) is 85.5 Å². The van der Waals surface area contributed by atoms with Crippen molar-refractivity contribution in [2.75, 3.05) is 13.2 Å². The number of aromatic nitrogens is 2. The maximum Gasteiger partial charge on any atom is 0.252 e. The van der Waals surface area contributed by atoms with Crippen molar-refractivity contribution in [1.82, 2.24) is 14.9 Å². The lowest BCUT2D eigenvalue weighted by Crippen LogP contribution is -2.25. The van der Waals surface area contributed by atoms with Gasteiger partial charge in [0.25, 0.3) is 5.91 Å². The number of hydrogen-bond acceptors (Lipinski definition) is 3. The number of nitrogens with zero attached hydrogens (tertiary/aromatic N) is 2. The normalized spacial score (nSPS) is 10.9. The Labute approximate surface area is 211 Å². The number of hydrogen-bond donors (Lipinski definition) is 1. The molecule has 0 atom stereocenters. The summed E-state index contributed by atoms with van der Waals surface area (Å²) in [5.74, 6) is 1.78. The molecule has 1 heterocycles. The minimum absolute atomic E-state index is 0.155. The first-order valence-electron chi connectivity index (χ1n) is 12.0. The lowest BCUT2D eigenvalue weighted by Gasteiger charge is -2.12. The highest BCUT2D eigenvalue weighted by molar-refractivity contribution is 6.33. The van der Waals surface area contributed by atoms with Crippen LogP contribution in [-0.4, -0.2) is 28.6 Å². The van der Waals surface area contributed by atoms with E-state index in [1.807, 2.05) is 54.6 Å². The molecule has 0 aliphatic heterocycles. The maximum absolute atomic E-state index is 12.4. The fraction of sp³-hybridized carbons (Fsp3) is 0.241. The van der Waals surface area contributed by atoms with E-state index in [2.05, 4.69) is 28.6 Å². The van der Waals surface area contributed by atoms with Crippen LogP contribution in [-0.2, 0) is 19.4 Å². The molecule has 0 saturated carbocycles. The minimum Gasteiger partial charge on any atom is -0.493 e. The topological polar surface area (TPSA) is 56.1 Å². The third-order valence-corrected chi connectivity index (χ3v) is 6.16. The van der Waals surface area contributed by atoms with E-state index in [9.17, 15) is 4.79 Å². The molecule has 5 nitrogen and oxygen atoms in total. The second-order valence-electron chi connectivity index (χ2n) is 8.31. The number of ether oxygens (including phenoxy) is 1. The number of fused-ring (bicyclic) bond motifs is 1. The zero-order chi connectivity index (χ0) is 24.5. The van der Waals surface area contributed by atoms with Crippen molar-refractivity contribution < 1.29 is 9.53 Å². The fourth-order valence-electron chi connectivity index (χ4n) is 4.13. The molecule has 1 amide bonds. The summed E-state index contributed by atoms with van der Waals surface area (Å²) >= 11 is 6.13. The van der Waals surface area contributed by atoms with Crippen LogP contribution in [0.25, 0.3) is 11.0 Å². The van der Waals surface area contributed by atoms with Crippen LogP contribution < -0.4 is 10.1 Å². The third kappa shape index (κ3) is 6.31. The third-order valence-electron chi connectivity index (χ3n) is 5.84. The molecule has 0 radical (unpaired) electrons. The van der Waals surface area contributed by atoms with Crippen LogP contribution in [0.4, 0.5) is 0 Å². The predicted octanol–water partition coefficient (Wildman–Crippen LogP) is 6.25. The van der Waals surface area contributed by atoms with E-state index in [-0.39, 0.29) is 5.91 Å². The number of halogens is 1. The number of nitrogens with one attached hydrogen (secondary N) is 1. The summed E-state index contributed by atoms with van der Waals surface area (Å²) in [4.78, 5) is 17.3. The SMILES string of the molecule is C=CCc1ccccc1OCCCn1c(CCCNC(=O)c2ccccc2Cl)nc2ccccc21. The molecule has 1 N–H and O–H groups in total. The molecule has 4 rings (SSSR count). The molecule has 6 heteroatoms. The summed E-state index contributed by atoms with van der Waals surface area (Å²) in [6.45, 7) is 5.81. The van der Waals surface area contributed by atoms with Gasteiger partial charge in [0.05, 0.1) is 28.2 Å². The lowest BCUT2D eigenvalue weighted by molar-refractivity contribution is 0.0953. The summed E-state index contributed by atoms with van der Waals surface area (Å²) < 4.78 is 8.34. The number of carbonyl (C=O) groups excluding carboxylic acids is 1. The summed E-state index contributed by atoms with van der Waals surface area (Å²) in [6.07, 6.45) is 5.09. The molecule has 0 bridgehead atoms. The van der Waals surface area contributed by atoms with Crippen LogP contribution in [0.3, 0.4) is 0 Å². The van der Waals surface area contributed by atoms with Crippen LogP contribution in [0, 0.1) is 0 Å². The van der Waals surface area contributed by atoms with Crippen molar-refractivity contribution >= 4 is 28.5 Å². The van der Waals surface area contributed by atoms with Gasteiger partial charge < -0.3 is 14.6 Å². The van der Waals surface area contributed by atoms with Crippen molar-refractivity contribution in [3.63, 3.8) is 0 Å². The van der Waals surface area contributed by atoms with E-state index < -0.39 is 0 Å². The molecular formula is C29H30ClN3O2. The van der Waals surface area contributed by atoms with Crippen LogP contribution >= 0.6 is 11.6 Å². The Balaban J connectivity index is 1.34. The average molecular weight is 488 g/mol. The zero-order valence-corrected chi connectivity index (χ0v) is 20.5. The first kappa shape index (κ1) is 24.6. The number of amides is 1. The van der Waals surface area contributed by atoms with Crippen molar-refractivity contribution in [2.45, 2.75) is 32.2 Å². The Hall–Kier alpha value is -3.57. The van der Waals surface area contributed by atoms with Crippen LogP contribution in [0.1, 0.15) is 34.6 Å². The summed E-state index contributed by atoms with van der Waals surface area (Å²) in [5.41, 5.74) is 3.75. The van der Waals surface area contributed by atoms with Crippen molar-refractivity contribution in [3.8, 4) is 5.75 Å². The lowest BCUT2D eigenvalue weighted by atomic mass is 10.1. The van der Waals surface area contributed by atoms with Gasteiger partial charge >= 0.3 is 0 Å². The van der Waals surface area contributed by atoms with Gasteiger partial charge in [0.2, 0.25) is 0 Å². The van der Waals surface area contributed by atoms with Gasteiger partial charge in [-0.1, -0.05) is 60.1 Å². The number of imidazole rings is 1. The van der Waals surface area contributed by atoms with E-state index in [0.29, 0.717) is 23.7 Å². The van der Waals surface area contributed by atoms with Crippen LogP contribution in [0.5, 0.6) is 5.75 Å². The standard InChI is InChI=1S/C29H30ClN3O2/c1-2-11-22-12-3-8-17-27(22)35-21-10-20-33-26-16-7-6-15-25(26)32-28(33)18-9-19-31-29(34)23-13-4-5-14-24(23)30/h2-8,12-17H,1,9-11,18-21H2,(H,31,34). The highest BCUT2D eigenvalue weighted by Crippen LogP contribution is 2.21. The quantitative estimate of drug-likeness (QED) is 0.190. The van der Waals surface area contributed by atoms with Gasteiger partial charge in [0.15, 0.2) is 0 Å². The van der Waals surface area contributed by atoms with Crippen molar-refractivity contribution in [1.29, 1.82) is 0 Å². The van der Waals surface area contributed by atoms with E-state index in [4.69, 9.17) is 21.3 Å². The Kier molecular flexibility index (Phi) is 8.58. The summed E-state index contributed by atoms with van der Waals surface area (Å²) in [5, 5.41) is 3.42. The van der Waals surface area contributed by atoms with E-state index in [0.717, 1.165) is 60.4 Å². The second-order valence-corrected chi connectivity index (χ2v) is 8.72. The Morgan fingerprint density at radius 2 is 1.80 bits per heavy atom. The molecule has 0 fully saturated rings. The first-order chi connectivity index (χ1) is 17.2. The second kappa shape index (κ2) is 12.2. The van der Waals surface area contributed by atoms with E-state index in [1.165, 1.54) is 0 Å². The minimum atomic E-state index is -0.155. The number of rotatable bonds is 12. The summed E-state index contributed by atoms with van der Waals surface area (Å²) in [7, 11) is 0. The molecule has 1 aromatic heterocycles. The smallest absolute Gasteiger partial charge is 0.252 e. The molecule has 0 unspecified atom stereocenters. The van der Waals surface area contributed by atoms with Crippen LogP contribution in [0.2, 0.25) is 5.02 Å². The summed E-state index contributed by atoms with van der Waals surface area (Å²) in [6, 6.07) is 23.4. The van der Waals surface area contributed by atoms with Crippen molar-refractivity contribution in [2.24, 2.45) is 0 Å². The Morgan fingerprint density at radius 1 is 1.03 bits per heavy atom. The number of para-hydroxylation sites is 3. The van der Waals surface area contributed by atoms with Gasteiger partial charge in [-0.2, -0.15) is 0 Å². The zero-order valence-electron chi connectivity index (χ0n) is 19.8. The molecule has 180 valence electrons. The highest BCUT2D eigenvalue weighted by atomic mass is 35.5. The van der Waals surface area contributed by atoms with Gasteiger partial charge in [-0.25, -0.2) is 4.98 Å². The molecule has 0 saturated heterocycles. The van der Waals surface area contributed by atoms with E-state index >= 15 is 0 Å². The van der Waals surface area contributed by atoms with E-state index in [1.54, 1.807) is 12.1 Å². The molecule has 4 aromatic rings. The molecule has 0 aliphatic rings. The molecule has 0 spiro atoms. The van der Waals surface area contributed by atoms with Crippen molar-refractivity contribution in [3.05, 3.63) is 107 Å². The number of benzene rings is 3. The largest absolute Gasteiger partial charge is 0.493 e. The molecule has 0 aliphatic carbocycles.